The van der Waals surface area contributed by atoms with Crippen molar-refractivity contribution in [2.75, 3.05) is 0 Å². The van der Waals surface area contributed by atoms with Gasteiger partial charge in [-0.2, -0.15) is 0 Å². The Morgan fingerprint density at radius 3 is 2.86 bits per heavy atom. The number of aliphatic hydroxyl groups is 1. The van der Waals surface area contributed by atoms with Gasteiger partial charge in [-0.25, -0.2) is 4.79 Å². The fourth-order valence-electron chi connectivity index (χ4n) is 3.37. The van der Waals surface area contributed by atoms with Crippen molar-refractivity contribution >= 4 is 33.7 Å². The van der Waals surface area contributed by atoms with Crippen molar-refractivity contribution in [1.82, 2.24) is 19.3 Å². The number of imidazole rings is 1. The molecule has 2 atom stereocenters. The molecule has 0 radical (unpaired) electrons. The van der Waals surface area contributed by atoms with Crippen molar-refractivity contribution < 1.29 is 5.11 Å². The van der Waals surface area contributed by atoms with E-state index in [2.05, 4.69) is 10.2 Å². The largest absolute Gasteiger partial charge is 0.393 e. The quantitative estimate of drug-likeness (QED) is 0.745. The first-order valence-corrected chi connectivity index (χ1v) is 7.65. The first kappa shape index (κ1) is 13.7. The first-order chi connectivity index (χ1) is 10.6. The number of benzene rings is 1. The van der Waals surface area contributed by atoms with E-state index in [1.54, 1.807) is 23.7 Å². The lowest BCUT2D eigenvalue weighted by Crippen LogP contribution is -2.25. The summed E-state index contributed by atoms with van der Waals surface area (Å²) in [6.07, 6.45) is 1.73. The van der Waals surface area contributed by atoms with Crippen LogP contribution in [0.15, 0.2) is 23.0 Å². The zero-order chi connectivity index (χ0) is 15.4. The van der Waals surface area contributed by atoms with Crippen molar-refractivity contribution in [3.63, 3.8) is 0 Å². The number of halogens is 1. The topological polar surface area (TPSA) is 72.9 Å². The molecule has 0 bridgehead atoms. The van der Waals surface area contributed by atoms with Gasteiger partial charge in [-0.05, 0) is 37.5 Å². The smallest absolute Gasteiger partial charge is 0.330 e. The molecule has 0 aliphatic heterocycles. The Kier molecular flexibility index (Phi) is 2.99. The highest BCUT2D eigenvalue weighted by Gasteiger charge is 2.29. The van der Waals surface area contributed by atoms with E-state index in [4.69, 9.17) is 11.6 Å². The molecular weight excluding hydrogens is 304 g/mol. The van der Waals surface area contributed by atoms with Crippen LogP contribution in [-0.2, 0) is 7.05 Å². The standard InChI is InChI=1S/C15H15ClN4O2/c1-19-14-13(11-6-8(16)2-5-12(11)17-18-14)20(15(19)22)9-3-4-10(21)7-9/h2,5-6,9-10,21H,3-4,7H2,1H3/t9-,10-/m1/s1. The summed E-state index contributed by atoms with van der Waals surface area (Å²) in [7, 11) is 1.69. The number of aromatic nitrogens is 4. The number of aryl methyl sites for hydroxylation is 1. The second-order valence-electron chi connectivity index (χ2n) is 5.87. The molecule has 7 heteroatoms. The average Bonchev–Trinajstić information content (AvgIpc) is 3.02. The third-order valence-electron chi connectivity index (χ3n) is 4.47. The molecule has 4 rings (SSSR count). The predicted molar refractivity (Wildman–Crippen MR) is 84.2 cm³/mol. The lowest BCUT2D eigenvalue weighted by molar-refractivity contribution is 0.178. The van der Waals surface area contributed by atoms with E-state index < -0.39 is 0 Å². The number of nitrogens with zero attached hydrogens (tertiary/aromatic N) is 4. The van der Waals surface area contributed by atoms with Gasteiger partial charge in [0.15, 0.2) is 5.65 Å². The summed E-state index contributed by atoms with van der Waals surface area (Å²) in [4.78, 5) is 12.7. The maximum Gasteiger partial charge on any atom is 0.330 e. The van der Waals surface area contributed by atoms with E-state index in [1.807, 2.05) is 6.07 Å². The van der Waals surface area contributed by atoms with Crippen LogP contribution in [0, 0.1) is 0 Å². The van der Waals surface area contributed by atoms with Crippen LogP contribution in [-0.4, -0.2) is 30.5 Å². The molecule has 1 saturated carbocycles. The van der Waals surface area contributed by atoms with Gasteiger partial charge in [-0.1, -0.05) is 11.6 Å². The molecule has 3 aromatic rings. The Balaban J connectivity index is 2.12. The average molecular weight is 319 g/mol. The van der Waals surface area contributed by atoms with Gasteiger partial charge in [0.1, 0.15) is 5.52 Å². The zero-order valence-electron chi connectivity index (χ0n) is 12.0. The highest BCUT2D eigenvalue weighted by Crippen LogP contribution is 2.33. The number of hydrogen-bond acceptors (Lipinski definition) is 4. The van der Waals surface area contributed by atoms with E-state index >= 15 is 0 Å². The molecule has 114 valence electrons. The van der Waals surface area contributed by atoms with Crippen molar-refractivity contribution in [1.29, 1.82) is 0 Å². The van der Waals surface area contributed by atoms with Crippen LogP contribution in [0.25, 0.3) is 22.1 Å². The molecular formula is C15H15ClN4O2. The molecule has 22 heavy (non-hydrogen) atoms. The lowest BCUT2D eigenvalue weighted by atomic mass is 10.2. The lowest BCUT2D eigenvalue weighted by Gasteiger charge is -2.12. The number of rotatable bonds is 1. The maximum absolute atomic E-state index is 12.7. The van der Waals surface area contributed by atoms with Crippen molar-refractivity contribution in [3.05, 3.63) is 33.7 Å². The van der Waals surface area contributed by atoms with Crippen molar-refractivity contribution in [2.45, 2.75) is 31.4 Å². The second kappa shape index (κ2) is 4.79. The number of hydrogen-bond donors (Lipinski definition) is 1. The molecule has 1 aliphatic carbocycles. The minimum atomic E-state index is -0.350. The van der Waals surface area contributed by atoms with Gasteiger partial charge in [-0.3, -0.25) is 9.13 Å². The molecule has 0 amide bonds. The molecule has 6 nitrogen and oxygen atoms in total. The van der Waals surface area contributed by atoms with Crippen LogP contribution >= 0.6 is 11.6 Å². The summed E-state index contributed by atoms with van der Waals surface area (Å²) in [5, 5.41) is 19.6. The molecule has 2 aromatic heterocycles. The van der Waals surface area contributed by atoms with Gasteiger partial charge < -0.3 is 5.11 Å². The first-order valence-electron chi connectivity index (χ1n) is 7.27. The summed E-state index contributed by atoms with van der Waals surface area (Å²) in [6.45, 7) is 0. The fraction of sp³-hybridized carbons (Fsp3) is 0.400. The van der Waals surface area contributed by atoms with Crippen molar-refractivity contribution in [3.8, 4) is 0 Å². The van der Waals surface area contributed by atoms with E-state index in [0.29, 0.717) is 29.0 Å². The van der Waals surface area contributed by atoms with Gasteiger partial charge in [0.05, 0.1) is 11.6 Å². The monoisotopic (exact) mass is 318 g/mol. The SMILES string of the molecule is Cn1c(=O)n([C@@H]2CC[C@@H](O)C2)c2c3cc(Cl)ccc3nnc21. The summed E-state index contributed by atoms with van der Waals surface area (Å²) in [5.41, 5.74) is 1.87. The molecule has 1 aliphatic rings. The van der Waals surface area contributed by atoms with Gasteiger partial charge in [0, 0.05) is 23.5 Å². The van der Waals surface area contributed by atoms with Gasteiger partial charge in [-0.15, -0.1) is 10.2 Å². The van der Waals surface area contributed by atoms with E-state index in [1.165, 1.54) is 4.57 Å². The molecule has 1 N–H and O–H groups in total. The Hall–Kier alpha value is -1.92. The van der Waals surface area contributed by atoms with Gasteiger partial charge >= 0.3 is 5.69 Å². The molecule has 2 heterocycles. The molecule has 0 spiro atoms. The number of aliphatic hydroxyl groups excluding tert-OH is 1. The minimum absolute atomic E-state index is 0.0161. The predicted octanol–water partition coefficient (Wildman–Crippen LogP) is 2.02. The molecule has 1 aromatic carbocycles. The van der Waals surface area contributed by atoms with Crippen LogP contribution in [0.5, 0.6) is 0 Å². The van der Waals surface area contributed by atoms with Crippen LogP contribution in [0.3, 0.4) is 0 Å². The van der Waals surface area contributed by atoms with Gasteiger partial charge in [0.25, 0.3) is 0 Å². The zero-order valence-corrected chi connectivity index (χ0v) is 12.8. The van der Waals surface area contributed by atoms with Gasteiger partial charge in [0.2, 0.25) is 0 Å². The third-order valence-corrected chi connectivity index (χ3v) is 4.71. The Morgan fingerprint density at radius 1 is 1.32 bits per heavy atom. The molecule has 0 saturated heterocycles. The third kappa shape index (κ3) is 1.87. The molecule has 1 fully saturated rings. The summed E-state index contributed by atoms with van der Waals surface area (Å²) >= 11 is 6.12. The van der Waals surface area contributed by atoms with E-state index in [-0.39, 0.29) is 17.8 Å². The summed E-state index contributed by atoms with van der Waals surface area (Å²) in [5.74, 6) is 0. The summed E-state index contributed by atoms with van der Waals surface area (Å²) in [6, 6.07) is 5.36. The maximum atomic E-state index is 12.7. The van der Waals surface area contributed by atoms with E-state index in [0.717, 1.165) is 17.3 Å². The van der Waals surface area contributed by atoms with Crippen LogP contribution < -0.4 is 5.69 Å². The Morgan fingerprint density at radius 2 is 2.14 bits per heavy atom. The summed E-state index contributed by atoms with van der Waals surface area (Å²) < 4.78 is 3.26. The van der Waals surface area contributed by atoms with Crippen molar-refractivity contribution in [2.24, 2.45) is 7.05 Å². The normalized spacial score (nSPS) is 22.0. The molecule has 0 unspecified atom stereocenters. The van der Waals surface area contributed by atoms with Crippen LogP contribution in [0.1, 0.15) is 25.3 Å². The Bertz CT molecular complexity index is 946. The highest BCUT2D eigenvalue weighted by molar-refractivity contribution is 6.31. The van der Waals surface area contributed by atoms with Crippen LogP contribution in [0.2, 0.25) is 5.02 Å². The Labute approximate surface area is 130 Å². The highest BCUT2D eigenvalue weighted by atomic mass is 35.5. The number of fused-ring (bicyclic) bond motifs is 3. The van der Waals surface area contributed by atoms with Crippen LogP contribution in [0.4, 0.5) is 0 Å². The second-order valence-corrected chi connectivity index (χ2v) is 6.30. The fourth-order valence-corrected chi connectivity index (χ4v) is 3.55. The van der Waals surface area contributed by atoms with E-state index in [9.17, 15) is 9.90 Å². The minimum Gasteiger partial charge on any atom is -0.393 e.